The molecule has 1 unspecified atom stereocenters. The van der Waals surface area contributed by atoms with Crippen LogP contribution in [0.15, 0.2) is 229 Å². The number of rotatable bonds is 4. The number of para-hydroxylation sites is 2. The summed E-state index contributed by atoms with van der Waals surface area (Å²) in [6.45, 7) is 0. The Labute approximate surface area is 374 Å². The molecule has 12 aromatic rings. The van der Waals surface area contributed by atoms with Gasteiger partial charge in [0.2, 0.25) is 0 Å². The maximum Gasteiger partial charge on any atom is 0.135 e. The summed E-state index contributed by atoms with van der Waals surface area (Å²) in [7, 11) is 0. The molecular formula is C61H37NOS. The maximum atomic E-state index is 6.41. The zero-order valence-electron chi connectivity index (χ0n) is 34.6. The van der Waals surface area contributed by atoms with Crippen LogP contribution < -0.4 is 4.90 Å². The molecule has 2 aromatic heterocycles. The first kappa shape index (κ1) is 35.6. The normalized spacial score (nSPS) is 14.6. The van der Waals surface area contributed by atoms with E-state index in [9.17, 15) is 0 Å². The van der Waals surface area contributed by atoms with Gasteiger partial charge in [0.05, 0.1) is 11.1 Å². The number of thiophene rings is 1. The smallest absolute Gasteiger partial charge is 0.135 e. The van der Waals surface area contributed by atoms with E-state index >= 15 is 0 Å². The fourth-order valence-electron chi connectivity index (χ4n) is 11.3. The van der Waals surface area contributed by atoms with Crippen LogP contribution >= 0.6 is 11.3 Å². The number of anilines is 3. The molecule has 3 heteroatoms. The molecule has 2 aliphatic carbocycles. The van der Waals surface area contributed by atoms with Crippen LogP contribution in [0.25, 0.3) is 86.6 Å². The molecule has 0 saturated heterocycles. The fraction of sp³-hybridized carbons (Fsp3) is 0.0164. The lowest BCUT2D eigenvalue weighted by molar-refractivity contribution is 0.669. The molecule has 0 amide bonds. The van der Waals surface area contributed by atoms with Gasteiger partial charge in [0, 0.05) is 47.9 Å². The van der Waals surface area contributed by atoms with E-state index < -0.39 is 5.41 Å². The summed E-state index contributed by atoms with van der Waals surface area (Å²) < 4.78 is 9.04. The Morgan fingerprint density at radius 1 is 0.359 bits per heavy atom. The minimum absolute atomic E-state index is 0.653. The molecule has 1 atom stereocenters. The summed E-state index contributed by atoms with van der Waals surface area (Å²) >= 11 is 1.89. The quantitative estimate of drug-likeness (QED) is 0.176. The van der Waals surface area contributed by atoms with Gasteiger partial charge in [-0.3, -0.25) is 0 Å². The van der Waals surface area contributed by atoms with Crippen LogP contribution in [0.1, 0.15) is 22.3 Å². The molecule has 0 saturated carbocycles. The molecular weight excluding hydrogens is 795 g/mol. The first-order valence-electron chi connectivity index (χ1n) is 22.0. The first-order chi connectivity index (χ1) is 31.8. The third-order valence-corrected chi connectivity index (χ3v) is 15.0. The van der Waals surface area contributed by atoms with Crippen LogP contribution in [-0.4, -0.2) is 0 Å². The molecule has 2 nitrogen and oxygen atoms in total. The third kappa shape index (κ3) is 4.85. The summed E-state index contributed by atoms with van der Waals surface area (Å²) in [5.74, 6) is 0. The van der Waals surface area contributed by atoms with Crippen LogP contribution in [0.2, 0.25) is 0 Å². The number of hydrogen-bond acceptors (Lipinski definition) is 3. The zero-order valence-corrected chi connectivity index (χ0v) is 35.4. The summed E-state index contributed by atoms with van der Waals surface area (Å²) in [4.78, 5) is 2.47. The van der Waals surface area contributed by atoms with E-state index in [0.29, 0.717) is 0 Å². The highest BCUT2D eigenvalue weighted by Gasteiger charge is 2.50. The van der Waals surface area contributed by atoms with Crippen molar-refractivity contribution < 1.29 is 4.42 Å². The summed E-state index contributed by atoms with van der Waals surface area (Å²) in [6.07, 6.45) is 0. The maximum absolute atomic E-state index is 6.41. The Bertz CT molecular complexity index is 3870. The molecule has 2 heterocycles. The molecule has 298 valence electrons. The van der Waals surface area contributed by atoms with Crippen molar-refractivity contribution in [2.24, 2.45) is 0 Å². The molecule has 0 N–H and O–H groups in total. The van der Waals surface area contributed by atoms with E-state index in [1.807, 2.05) is 17.4 Å². The average molecular weight is 832 g/mol. The average Bonchev–Trinajstić information content (AvgIpc) is 4.00. The van der Waals surface area contributed by atoms with E-state index in [1.165, 1.54) is 75.8 Å². The van der Waals surface area contributed by atoms with Gasteiger partial charge in [-0.1, -0.05) is 170 Å². The summed E-state index contributed by atoms with van der Waals surface area (Å²) in [5.41, 5.74) is 19.5. The van der Waals surface area contributed by atoms with Crippen molar-refractivity contribution in [3.8, 4) is 44.5 Å². The lowest BCUT2D eigenvalue weighted by atomic mass is 9.65. The van der Waals surface area contributed by atoms with Gasteiger partial charge in [-0.25, -0.2) is 0 Å². The van der Waals surface area contributed by atoms with Gasteiger partial charge < -0.3 is 9.32 Å². The predicted molar refractivity (Wildman–Crippen MR) is 268 cm³/mol. The van der Waals surface area contributed by atoms with Crippen LogP contribution in [0.4, 0.5) is 17.1 Å². The number of furan rings is 1. The zero-order chi connectivity index (χ0) is 41.9. The van der Waals surface area contributed by atoms with Crippen molar-refractivity contribution in [2.75, 3.05) is 4.90 Å². The molecule has 2 aliphatic rings. The van der Waals surface area contributed by atoms with E-state index in [0.717, 1.165) is 50.1 Å². The van der Waals surface area contributed by atoms with Crippen LogP contribution in [0.3, 0.4) is 0 Å². The van der Waals surface area contributed by atoms with Crippen molar-refractivity contribution in [1.29, 1.82) is 0 Å². The van der Waals surface area contributed by atoms with Crippen molar-refractivity contribution in [3.63, 3.8) is 0 Å². The Balaban J connectivity index is 1.13. The topological polar surface area (TPSA) is 16.4 Å². The Morgan fingerprint density at radius 2 is 0.953 bits per heavy atom. The van der Waals surface area contributed by atoms with E-state index in [1.54, 1.807) is 0 Å². The highest BCUT2D eigenvalue weighted by molar-refractivity contribution is 7.26. The van der Waals surface area contributed by atoms with Crippen LogP contribution in [-0.2, 0) is 5.41 Å². The van der Waals surface area contributed by atoms with Gasteiger partial charge in [0.15, 0.2) is 0 Å². The lowest BCUT2D eigenvalue weighted by Crippen LogP contribution is -2.29. The second-order valence-corrected chi connectivity index (χ2v) is 18.2. The Morgan fingerprint density at radius 3 is 1.78 bits per heavy atom. The van der Waals surface area contributed by atoms with Crippen molar-refractivity contribution >= 4 is 70.5 Å². The van der Waals surface area contributed by atoms with Crippen molar-refractivity contribution in [1.82, 2.24) is 0 Å². The molecule has 14 rings (SSSR count). The molecule has 10 aromatic carbocycles. The molecule has 0 bridgehead atoms. The van der Waals surface area contributed by atoms with Gasteiger partial charge >= 0.3 is 0 Å². The standard InChI is InChI=1S/C61H37NOS/c1-2-16-38(17-3-1)41-18-8-13-27-54(41)62(39-31-34-56-49(36-39)46-22-9-14-28-55(46)63-56)40-30-32-45-43-20-5-4-19-42(43)44-21-6-11-25-50(44)61(53(45)37-40)51-26-12-7-23-47(51)59-52(61)33-35-58-60(59)48-24-10-15-29-57(48)64-58/h1-37H. The molecule has 0 radical (unpaired) electrons. The van der Waals surface area contributed by atoms with Crippen molar-refractivity contribution in [2.45, 2.75) is 5.41 Å². The van der Waals surface area contributed by atoms with E-state index in [-0.39, 0.29) is 0 Å². The van der Waals surface area contributed by atoms with Gasteiger partial charge in [-0.15, -0.1) is 11.3 Å². The molecule has 1 spiro atoms. The van der Waals surface area contributed by atoms with Gasteiger partial charge in [0.1, 0.15) is 11.2 Å². The van der Waals surface area contributed by atoms with Gasteiger partial charge in [-0.05, 0) is 116 Å². The monoisotopic (exact) mass is 831 g/mol. The molecule has 0 fully saturated rings. The highest BCUT2D eigenvalue weighted by Crippen LogP contribution is 2.64. The second-order valence-electron chi connectivity index (χ2n) is 17.1. The van der Waals surface area contributed by atoms with Crippen LogP contribution in [0, 0.1) is 0 Å². The van der Waals surface area contributed by atoms with Gasteiger partial charge in [0.25, 0.3) is 0 Å². The van der Waals surface area contributed by atoms with E-state index in [2.05, 4.69) is 223 Å². The Hall–Kier alpha value is -7.98. The largest absolute Gasteiger partial charge is 0.456 e. The van der Waals surface area contributed by atoms with Crippen molar-refractivity contribution in [3.05, 3.63) is 247 Å². The lowest BCUT2D eigenvalue weighted by Gasteiger charge is -2.36. The second kappa shape index (κ2) is 13.5. The minimum atomic E-state index is -0.653. The third-order valence-electron chi connectivity index (χ3n) is 13.9. The highest BCUT2D eigenvalue weighted by atomic mass is 32.1. The van der Waals surface area contributed by atoms with Crippen LogP contribution in [0.5, 0.6) is 0 Å². The number of hydrogen-bond donors (Lipinski definition) is 0. The molecule has 0 aliphatic heterocycles. The number of nitrogens with zero attached hydrogens (tertiary/aromatic N) is 1. The Kier molecular flexibility index (Phi) is 7.51. The summed E-state index contributed by atoms with van der Waals surface area (Å²) in [5, 5.41) is 4.86. The fourth-order valence-corrected chi connectivity index (χ4v) is 12.4. The van der Waals surface area contributed by atoms with Gasteiger partial charge in [-0.2, -0.15) is 0 Å². The number of benzene rings is 10. The summed E-state index contributed by atoms with van der Waals surface area (Å²) in [6, 6.07) is 83.1. The first-order valence-corrected chi connectivity index (χ1v) is 22.8. The predicted octanol–water partition coefficient (Wildman–Crippen LogP) is 17.1. The SMILES string of the molecule is c1ccc(-c2ccccc2N(c2ccc3c(c2)C2(c4ccccc4-c4ccccc4-3)c3ccccc3-c3c2ccc2sc4ccccc4c32)c2ccc3oc4ccccc4c3c2)cc1. The molecule has 64 heavy (non-hydrogen) atoms. The number of fused-ring (bicyclic) bond motifs is 19. The van der Waals surface area contributed by atoms with E-state index in [4.69, 9.17) is 4.42 Å². The minimum Gasteiger partial charge on any atom is -0.456 e.